The first-order valence-electron chi connectivity index (χ1n) is 7.66. The van der Waals surface area contributed by atoms with Gasteiger partial charge in [0.1, 0.15) is 5.75 Å². The number of aryl methyl sites for hydroxylation is 2. The van der Waals surface area contributed by atoms with Gasteiger partial charge < -0.3 is 19.5 Å². The van der Waals surface area contributed by atoms with E-state index in [4.69, 9.17) is 14.2 Å². The normalized spacial score (nSPS) is 18.0. The summed E-state index contributed by atoms with van der Waals surface area (Å²) in [5, 5.41) is 2.90. The number of hydrogen-bond donors (Lipinski definition) is 1. The van der Waals surface area contributed by atoms with Crippen LogP contribution < -0.4 is 19.5 Å². The lowest BCUT2D eigenvalue weighted by atomic mass is 10.0. The van der Waals surface area contributed by atoms with Crippen LogP contribution in [0.4, 0.5) is 5.69 Å². The lowest BCUT2D eigenvalue weighted by molar-refractivity contribution is -0.123. The quantitative estimate of drug-likeness (QED) is 0.926. The van der Waals surface area contributed by atoms with Crippen LogP contribution in [0, 0.1) is 6.92 Å². The third kappa shape index (κ3) is 2.70. The summed E-state index contributed by atoms with van der Waals surface area (Å²) in [6.07, 6.45) is 0.923. The number of amides is 1. The summed E-state index contributed by atoms with van der Waals surface area (Å²) in [4.78, 5) is 12.4. The number of nitrogens with one attached hydrogen (secondary N) is 1. The van der Waals surface area contributed by atoms with Crippen LogP contribution in [0.1, 0.15) is 17.5 Å². The molecule has 0 saturated carbocycles. The highest BCUT2D eigenvalue weighted by Crippen LogP contribution is 2.40. The molecule has 1 atom stereocenters. The van der Waals surface area contributed by atoms with Crippen molar-refractivity contribution in [2.45, 2.75) is 25.9 Å². The molecule has 0 aliphatic carbocycles. The first-order valence-corrected chi connectivity index (χ1v) is 7.66. The molecule has 118 valence electrons. The Hall–Kier alpha value is -2.69. The second kappa shape index (κ2) is 5.50. The zero-order chi connectivity index (χ0) is 15.8. The summed E-state index contributed by atoms with van der Waals surface area (Å²) < 4.78 is 16.6. The number of ether oxygens (including phenoxy) is 3. The fourth-order valence-electron chi connectivity index (χ4n) is 2.81. The van der Waals surface area contributed by atoms with Crippen LogP contribution in [0.25, 0.3) is 0 Å². The molecule has 0 saturated heterocycles. The monoisotopic (exact) mass is 311 g/mol. The summed E-state index contributed by atoms with van der Waals surface area (Å²) in [5.41, 5.74) is 2.98. The molecule has 1 unspecified atom stereocenters. The average Bonchev–Trinajstić information content (AvgIpc) is 3.01. The van der Waals surface area contributed by atoms with Crippen LogP contribution in [0.15, 0.2) is 36.4 Å². The molecule has 0 aromatic heterocycles. The molecule has 2 heterocycles. The molecule has 0 bridgehead atoms. The highest BCUT2D eigenvalue weighted by atomic mass is 16.7. The minimum atomic E-state index is -0.496. The second-order valence-electron chi connectivity index (χ2n) is 5.81. The maximum absolute atomic E-state index is 12.4. The maximum atomic E-state index is 12.4. The van der Waals surface area contributed by atoms with Gasteiger partial charge in [-0.3, -0.25) is 4.79 Å². The molecule has 5 nitrogen and oxygen atoms in total. The summed E-state index contributed by atoms with van der Waals surface area (Å²) in [6, 6.07) is 11.5. The van der Waals surface area contributed by atoms with Gasteiger partial charge in [0.25, 0.3) is 5.91 Å². The Kier molecular flexibility index (Phi) is 3.33. The van der Waals surface area contributed by atoms with Crippen molar-refractivity contribution in [3.63, 3.8) is 0 Å². The van der Waals surface area contributed by atoms with Crippen LogP contribution >= 0.6 is 0 Å². The van der Waals surface area contributed by atoms with Crippen LogP contribution in [0.3, 0.4) is 0 Å². The molecule has 0 spiro atoms. The van der Waals surface area contributed by atoms with E-state index in [-0.39, 0.29) is 12.7 Å². The molecule has 5 heteroatoms. The van der Waals surface area contributed by atoms with Crippen molar-refractivity contribution in [3.8, 4) is 17.2 Å². The number of benzene rings is 2. The van der Waals surface area contributed by atoms with Crippen molar-refractivity contribution in [2.24, 2.45) is 0 Å². The zero-order valence-electron chi connectivity index (χ0n) is 12.8. The molecule has 23 heavy (non-hydrogen) atoms. The minimum Gasteiger partial charge on any atom is -0.480 e. The zero-order valence-corrected chi connectivity index (χ0v) is 12.8. The highest BCUT2D eigenvalue weighted by Gasteiger charge is 2.28. The number of carbonyl (C=O) groups excluding carboxylic acids is 1. The van der Waals surface area contributed by atoms with E-state index in [9.17, 15) is 4.79 Å². The van der Waals surface area contributed by atoms with Crippen molar-refractivity contribution < 1.29 is 19.0 Å². The van der Waals surface area contributed by atoms with Crippen LogP contribution in [-0.4, -0.2) is 18.8 Å². The van der Waals surface area contributed by atoms with Crippen molar-refractivity contribution in [2.75, 3.05) is 12.1 Å². The van der Waals surface area contributed by atoms with Crippen LogP contribution in [0.2, 0.25) is 0 Å². The van der Waals surface area contributed by atoms with Gasteiger partial charge in [-0.05, 0) is 43.5 Å². The van der Waals surface area contributed by atoms with E-state index >= 15 is 0 Å². The molecular formula is C18H17NO4. The Morgan fingerprint density at radius 3 is 2.61 bits per heavy atom. The Balaban J connectivity index is 1.49. The van der Waals surface area contributed by atoms with E-state index in [1.807, 2.05) is 43.3 Å². The summed E-state index contributed by atoms with van der Waals surface area (Å²) in [7, 11) is 0. The Bertz CT molecular complexity index is 754. The first-order chi connectivity index (χ1) is 11.2. The van der Waals surface area contributed by atoms with Crippen molar-refractivity contribution in [1.82, 2.24) is 0 Å². The van der Waals surface area contributed by atoms with Crippen molar-refractivity contribution in [3.05, 3.63) is 47.5 Å². The number of rotatable bonds is 2. The number of fused-ring (bicyclic) bond motifs is 2. The van der Waals surface area contributed by atoms with Gasteiger partial charge in [-0.25, -0.2) is 0 Å². The van der Waals surface area contributed by atoms with Gasteiger partial charge >= 0.3 is 0 Å². The number of hydrogen-bond acceptors (Lipinski definition) is 4. The van der Waals surface area contributed by atoms with Crippen molar-refractivity contribution in [1.29, 1.82) is 0 Å². The Morgan fingerprint density at radius 2 is 1.83 bits per heavy atom. The maximum Gasteiger partial charge on any atom is 0.265 e. The van der Waals surface area contributed by atoms with Gasteiger partial charge in [-0.15, -0.1) is 0 Å². The summed E-state index contributed by atoms with van der Waals surface area (Å²) >= 11 is 0. The average molecular weight is 311 g/mol. The fraction of sp³-hybridized carbons (Fsp3) is 0.278. The highest BCUT2D eigenvalue weighted by molar-refractivity contribution is 5.94. The molecular weight excluding hydrogens is 294 g/mol. The lowest BCUT2D eigenvalue weighted by Gasteiger charge is -2.25. The minimum absolute atomic E-state index is 0.128. The molecule has 1 N–H and O–H groups in total. The number of anilines is 1. The predicted molar refractivity (Wildman–Crippen MR) is 85.1 cm³/mol. The van der Waals surface area contributed by atoms with Gasteiger partial charge in [-0.2, -0.15) is 0 Å². The SMILES string of the molecule is Cc1ccc(NC(=O)C2CCc3cc4c(cc3O2)OCO4)cc1. The second-order valence-corrected chi connectivity index (χ2v) is 5.81. The largest absolute Gasteiger partial charge is 0.480 e. The first kappa shape index (κ1) is 13.9. The van der Waals surface area contributed by atoms with Crippen LogP contribution in [-0.2, 0) is 11.2 Å². The smallest absolute Gasteiger partial charge is 0.265 e. The van der Waals surface area contributed by atoms with Gasteiger partial charge in [0.05, 0.1) is 0 Å². The van der Waals surface area contributed by atoms with E-state index in [1.54, 1.807) is 0 Å². The molecule has 1 amide bonds. The molecule has 2 aliphatic rings. The van der Waals surface area contributed by atoms with E-state index in [2.05, 4.69) is 5.32 Å². The van der Waals surface area contributed by atoms with E-state index in [0.29, 0.717) is 17.9 Å². The molecule has 2 aromatic carbocycles. The van der Waals surface area contributed by atoms with Crippen LogP contribution in [0.5, 0.6) is 17.2 Å². The lowest BCUT2D eigenvalue weighted by Crippen LogP contribution is -2.35. The van der Waals surface area contributed by atoms with Gasteiger partial charge in [0, 0.05) is 11.8 Å². The summed E-state index contributed by atoms with van der Waals surface area (Å²) in [6.45, 7) is 2.24. The molecule has 0 radical (unpaired) electrons. The van der Waals surface area contributed by atoms with E-state index in [0.717, 1.165) is 29.0 Å². The molecule has 2 aliphatic heterocycles. The molecule has 2 aromatic rings. The molecule has 4 rings (SSSR count). The third-order valence-electron chi connectivity index (χ3n) is 4.11. The third-order valence-corrected chi connectivity index (χ3v) is 4.11. The Morgan fingerprint density at radius 1 is 1.09 bits per heavy atom. The predicted octanol–water partition coefficient (Wildman–Crippen LogP) is 3.06. The van der Waals surface area contributed by atoms with E-state index in [1.165, 1.54) is 0 Å². The summed E-state index contributed by atoms with van der Waals surface area (Å²) in [5.74, 6) is 1.99. The van der Waals surface area contributed by atoms with Gasteiger partial charge in [-0.1, -0.05) is 17.7 Å². The molecule has 0 fully saturated rings. The van der Waals surface area contributed by atoms with Gasteiger partial charge in [0.15, 0.2) is 17.6 Å². The van der Waals surface area contributed by atoms with E-state index < -0.39 is 6.10 Å². The topological polar surface area (TPSA) is 56.8 Å². The standard InChI is InChI=1S/C18H17NO4/c1-11-2-5-13(6-3-11)19-18(20)14-7-4-12-8-16-17(22-10-21-16)9-15(12)23-14/h2-3,5-6,8-9,14H,4,7,10H2,1H3,(H,19,20). The Labute approximate surface area is 134 Å². The van der Waals surface area contributed by atoms with Gasteiger partial charge in [0.2, 0.25) is 6.79 Å². The fourth-order valence-corrected chi connectivity index (χ4v) is 2.81. The van der Waals surface area contributed by atoms with Crippen molar-refractivity contribution >= 4 is 11.6 Å². The number of carbonyl (C=O) groups is 1.